The van der Waals surface area contributed by atoms with Crippen LogP contribution in [0, 0.1) is 5.82 Å². The first kappa shape index (κ1) is 14.2. The summed E-state index contributed by atoms with van der Waals surface area (Å²) in [5, 5.41) is 2.34. The van der Waals surface area contributed by atoms with Crippen molar-refractivity contribution in [1.82, 2.24) is 10.0 Å². The molecule has 0 heterocycles. The molecule has 0 bridgehead atoms. The smallest absolute Gasteiger partial charge is 0.328 e. The molecule has 1 aromatic carbocycles. The number of nitrogens with one attached hydrogen (secondary N) is 2. The predicted octanol–water partition coefficient (Wildman–Crippen LogP) is 0.804. The third kappa shape index (κ3) is 3.59. The molecule has 100 valence electrons. The second-order valence-electron chi connectivity index (χ2n) is 3.92. The summed E-state index contributed by atoms with van der Waals surface area (Å²) in [7, 11) is -4.19. The van der Waals surface area contributed by atoms with Gasteiger partial charge in [0.15, 0.2) is 0 Å². The van der Waals surface area contributed by atoms with Crippen molar-refractivity contribution in [3.63, 3.8) is 0 Å². The maximum atomic E-state index is 13.0. The van der Waals surface area contributed by atoms with E-state index in [0.29, 0.717) is 0 Å². The van der Waals surface area contributed by atoms with E-state index in [0.717, 1.165) is 18.2 Å². The number of rotatable bonds is 3. The van der Waals surface area contributed by atoms with Crippen LogP contribution in [0.2, 0.25) is 0 Å². The summed E-state index contributed by atoms with van der Waals surface area (Å²) >= 11 is 0. The van der Waals surface area contributed by atoms with Crippen LogP contribution in [0.3, 0.4) is 0 Å². The maximum absolute atomic E-state index is 13.0. The highest BCUT2D eigenvalue weighted by atomic mass is 32.2. The molecule has 0 aliphatic heterocycles. The number of nitrogens with two attached hydrogens (primary N) is 1. The molecule has 0 spiro atoms. The Labute approximate surface area is 104 Å². The third-order valence-corrected chi connectivity index (χ3v) is 3.30. The van der Waals surface area contributed by atoms with E-state index in [4.69, 9.17) is 5.73 Å². The Kier molecular flexibility index (Phi) is 4.12. The van der Waals surface area contributed by atoms with Crippen molar-refractivity contribution in [2.75, 3.05) is 5.73 Å². The standard InChI is InChI=1S/C10H14FN3O3S/c1-6(2)13-10(15)14-18(16,17)9-5-7(11)3-4-8(9)12/h3-6H,12H2,1-2H3,(H2,13,14,15). The van der Waals surface area contributed by atoms with Gasteiger partial charge in [-0.25, -0.2) is 22.3 Å². The number of sulfonamides is 1. The Morgan fingerprint density at radius 2 is 2.00 bits per heavy atom. The van der Waals surface area contributed by atoms with E-state index in [1.165, 1.54) is 0 Å². The molecule has 1 aromatic rings. The zero-order valence-corrected chi connectivity index (χ0v) is 10.7. The van der Waals surface area contributed by atoms with Crippen molar-refractivity contribution in [3.8, 4) is 0 Å². The molecule has 0 unspecified atom stereocenters. The molecule has 1 rings (SSSR count). The lowest BCUT2D eigenvalue weighted by Crippen LogP contribution is -2.42. The van der Waals surface area contributed by atoms with Gasteiger partial charge in [-0.2, -0.15) is 0 Å². The second-order valence-corrected chi connectivity index (χ2v) is 5.57. The SMILES string of the molecule is CC(C)NC(=O)NS(=O)(=O)c1cc(F)ccc1N. The number of halogens is 1. The Balaban J connectivity index is 3.00. The van der Waals surface area contributed by atoms with Gasteiger partial charge in [0, 0.05) is 6.04 Å². The minimum absolute atomic E-state index is 0.138. The Morgan fingerprint density at radius 1 is 1.39 bits per heavy atom. The van der Waals surface area contributed by atoms with E-state index in [1.54, 1.807) is 18.6 Å². The molecule has 0 fully saturated rings. The van der Waals surface area contributed by atoms with Gasteiger partial charge in [0.05, 0.1) is 5.69 Å². The number of benzene rings is 1. The highest BCUT2D eigenvalue weighted by Gasteiger charge is 2.21. The topological polar surface area (TPSA) is 101 Å². The molecule has 0 radical (unpaired) electrons. The third-order valence-electron chi connectivity index (χ3n) is 1.91. The van der Waals surface area contributed by atoms with Crippen LogP contribution in [0.4, 0.5) is 14.9 Å². The second kappa shape index (κ2) is 5.21. The number of hydrogen-bond donors (Lipinski definition) is 3. The lowest BCUT2D eigenvalue weighted by atomic mass is 10.3. The van der Waals surface area contributed by atoms with Gasteiger partial charge >= 0.3 is 6.03 Å². The molecule has 0 saturated carbocycles. The van der Waals surface area contributed by atoms with Gasteiger partial charge in [0.25, 0.3) is 10.0 Å². The molecule has 2 amide bonds. The van der Waals surface area contributed by atoms with Crippen molar-refractivity contribution < 1.29 is 17.6 Å². The number of anilines is 1. The van der Waals surface area contributed by atoms with Gasteiger partial charge in [-0.1, -0.05) is 0 Å². The van der Waals surface area contributed by atoms with Gasteiger partial charge in [-0.05, 0) is 32.0 Å². The number of amides is 2. The first-order valence-corrected chi connectivity index (χ1v) is 6.59. The Bertz CT molecular complexity index is 557. The van der Waals surface area contributed by atoms with E-state index < -0.39 is 26.8 Å². The summed E-state index contributed by atoms with van der Waals surface area (Å²) < 4.78 is 38.3. The average Bonchev–Trinajstić information content (AvgIpc) is 2.19. The van der Waals surface area contributed by atoms with Crippen molar-refractivity contribution in [2.24, 2.45) is 0 Å². The predicted molar refractivity (Wildman–Crippen MR) is 64.8 cm³/mol. The molecular weight excluding hydrogens is 261 g/mol. The Morgan fingerprint density at radius 3 is 2.56 bits per heavy atom. The Hall–Kier alpha value is -1.83. The van der Waals surface area contributed by atoms with Crippen LogP contribution in [0.15, 0.2) is 23.1 Å². The molecule has 18 heavy (non-hydrogen) atoms. The molecule has 0 aromatic heterocycles. The molecular formula is C10H14FN3O3S. The molecule has 0 aliphatic rings. The molecule has 0 saturated heterocycles. The zero-order chi connectivity index (χ0) is 13.9. The summed E-state index contributed by atoms with van der Waals surface area (Å²) in [5.41, 5.74) is 5.30. The number of carbonyl (C=O) groups is 1. The van der Waals surface area contributed by atoms with Crippen molar-refractivity contribution in [3.05, 3.63) is 24.0 Å². The molecule has 0 atom stereocenters. The monoisotopic (exact) mass is 275 g/mol. The molecule has 0 aliphatic carbocycles. The van der Waals surface area contributed by atoms with Crippen LogP contribution < -0.4 is 15.8 Å². The van der Waals surface area contributed by atoms with Gasteiger partial charge in [-0.15, -0.1) is 0 Å². The van der Waals surface area contributed by atoms with Crippen LogP contribution in [0.25, 0.3) is 0 Å². The largest absolute Gasteiger partial charge is 0.398 e. The number of carbonyl (C=O) groups excluding carboxylic acids is 1. The first-order valence-electron chi connectivity index (χ1n) is 5.10. The van der Waals surface area contributed by atoms with Gasteiger partial charge in [0.1, 0.15) is 10.7 Å². The number of urea groups is 1. The van der Waals surface area contributed by atoms with E-state index >= 15 is 0 Å². The highest BCUT2D eigenvalue weighted by Crippen LogP contribution is 2.18. The summed E-state index contributed by atoms with van der Waals surface area (Å²) in [4.78, 5) is 10.8. The van der Waals surface area contributed by atoms with E-state index in [1.807, 2.05) is 0 Å². The number of nitrogen functional groups attached to an aromatic ring is 1. The summed E-state index contributed by atoms with van der Waals surface area (Å²) in [5.74, 6) is -0.756. The van der Waals surface area contributed by atoms with Crippen LogP contribution in [0.1, 0.15) is 13.8 Å². The van der Waals surface area contributed by atoms with E-state index in [2.05, 4.69) is 5.32 Å². The van der Waals surface area contributed by atoms with E-state index in [9.17, 15) is 17.6 Å². The summed E-state index contributed by atoms with van der Waals surface area (Å²) in [6, 6.07) is 1.77. The van der Waals surface area contributed by atoms with Crippen molar-refractivity contribution in [2.45, 2.75) is 24.8 Å². The summed E-state index contributed by atoms with van der Waals surface area (Å²) in [6.45, 7) is 3.34. The quantitative estimate of drug-likeness (QED) is 0.710. The average molecular weight is 275 g/mol. The van der Waals surface area contributed by atoms with Crippen LogP contribution >= 0.6 is 0 Å². The van der Waals surface area contributed by atoms with Gasteiger partial charge in [0.2, 0.25) is 0 Å². The maximum Gasteiger partial charge on any atom is 0.328 e. The minimum atomic E-state index is -4.19. The fourth-order valence-corrected chi connectivity index (χ4v) is 2.27. The highest BCUT2D eigenvalue weighted by molar-refractivity contribution is 7.90. The molecule has 8 heteroatoms. The van der Waals surface area contributed by atoms with Crippen LogP contribution in [-0.4, -0.2) is 20.5 Å². The zero-order valence-electron chi connectivity index (χ0n) is 9.90. The van der Waals surface area contributed by atoms with Crippen molar-refractivity contribution >= 4 is 21.7 Å². The minimum Gasteiger partial charge on any atom is -0.398 e. The number of hydrogen-bond acceptors (Lipinski definition) is 4. The molecule has 4 N–H and O–H groups in total. The van der Waals surface area contributed by atoms with Gasteiger partial charge in [-0.3, -0.25) is 0 Å². The fourth-order valence-electron chi connectivity index (χ4n) is 1.21. The van der Waals surface area contributed by atoms with Gasteiger partial charge < -0.3 is 11.1 Å². The normalized spacial score (nSPS) is 11.3. The van der Waals surface area contributed by atoms with E-state index in [-0.39, 0.29) is 11.7 Å². The first-order chi connectivity index (χ1) is 8.22. The van der Waals surface area contributed by atoms with Crippen LogP contribution in [-0.2, 0) is 10.0 Å². The van der Waals surface area contributed by atoms with Crippen LogP contribution in [0.5, 0.6) is 0 Å². The van der Waals surface area contributed by atoms with Crippen molar-refractivity contribution in [1.29, 1.82) is 0 Å². The lowest BCUT2D eigenvalue weighted by molar-refractivity contribution is 0.243. The fraction of sp³-hybridized carbons (Fsp3) is 0.300. The molecule has 6 nitrogen and oxygen atoms in total. The lowest BCUT2D eigenvalue weighted by Gasteiger charge is -2.11. The summed E-state index contributed by atoms with van der Waals surface area (Å²) in [6.07, 6.45) is 0.